The Balaban J connectivity index is 2.59. The van der Waals surface area contributed by atoms with Gasteiger partial charge in [0.1, 0.15) is 18.1 Å². The molecule has 0 saturated heterocycles. The number of nitrogens with one attached hydrogen (secondary N) is 3. The summed E-state index contributed by atoms with van der Waals surface area (Å²) < 4.78 is 0. The molecule has 0 spiro atoms. The highest BCUT2D eigenvalue weighted by Crippen LogP contribution is 2.05. The molecule has 4 atom stereocenters. The van der Waals surface area contributed by atoms with Crippen LogP contribution in [0.25, 0.3) is 0 Å². The molecule has 9 nitrogen and oxygen atoms in total. The first kappa shape index (κ1) is 25.1. The SMILES string of the molecule is CC(C)CC(N)C(=O)NC(C)C(=O)NC(C)C(=O)NC(Cc1ccccc1)C(=O)O. The lowest BCUT2D eigenvalue weighted by atomic mass is 10.0. The van der Waals surface area contributed by atoms with Gasteiger partial charge >= 0.3 is 5.97 Å². The molecule has 1 rings (SSSR count). The van der Waals surface area contributed by atoms with E-state index in [0.717, 1.165) is 5.56 Å². The first-order valence-corrected chi connectivity index (χ1v) is 9.94. The van der Waals surface area contributed by atoms with Crippen molar-refractivity contribution >= 4 is 23.7 Å². The van der Waals surface area contributed by atoms with Crippen LogP contribution in [0.4, 0.5) is 0 Å². The molecular weight excluding hydrogens is 388 g/mol. The molecule has 9 heteroatoms. The summed E-state index contributed by atoms with van der Waals surface area (Å²) in [5.41, 5.74) is 6.56. The van der Waals surface area contributed by atoms with Gasteiger partial charge in [0.05, 0.1) is 6.04 Å². The number of aliphatic carboxylic acids is 1. The molecule has 0 aromatic heterocycles. The fourth-order valence-electron chi connectivity index (χ4n) is 2.75. The number of hydrogen-bond donors (Lipinski definition) is 5. The average molecular weight is 421 g/mol. The second-order valence-electron chi connectivity index (χ2n) is 7.79. The Kier molecular flexibility index (Phi) is 9.97. The number of amides is 3. The lowest BCUT2D eigenvalue weighted by Gasteiger charge is -2.22. The number of rotatable bonds is 11. The van der Waals surface area contributed by atoms with E-state index in [9.17, 15) is 24.3 Å². The highest BCUT2D eigenvalue weighted by Gasteiger charge is 2.26. The summed E-state index contributed by atoms with van der Waals surface area (Å²) in [5.74, 6) is -2.60. The maximum Gasteiger partial charge on any atom is 0.326 e. The van der Waals surface area contributed by atoms with Gasteiger partial charge in [0.25, 0.3) is 0 Å². The topological polar surface area (TPSA) is 151 Å². The third-order valence-electron chi connectivity index (χ3n) is 4.46. The van der Waals surface area contributed by atoms with Crippen LogP contribution in [0.5, 0.6) is 0 Å². The summed E-state index contributed by atoms with van der Waals surface area (Å²) in [4.78, 5) is 48.2. The molecule has 1 aromatic rings. The predicted octanol–water partition coefficient (Wildman–Crippen LogP) is 0.181. The number of carboxylic acid groups (broad SMARTS) is 1. The quantitative estimate of drug-likeness (QED) is 0.345. The molecule has 0 saturated carbocycles. The zero-order chi connectivity index (χ0) is 22.8. The van der Waals surface area contributed by atoms with Gasteiger partial charge in [0, 0.05) is 6.42 Å². The molecule has 0 aliphatic heterocycles. The van der Waals surface area contributed by atoms with Crippen molar-refractivity contribution in [2.75, 3.05) is 0 Å². The van der Waals surface area contributed by atoms with Crippen LogP contribution in [0.3, 0.4) is 0 Å². The van der Waals surface area contributed by atoms with Gasteiger partial charge in [-0.3, -0.25) is 14.4 Å². The zero-order valence-corrected chi connectivity index (χ0v) is 17.8. The maximum absolute atomic E-state index is 12.4. The first-order valence-electron chi connectivity index (χ1n) is 9.94. The highest BCUT2D eigenvalue weighted by molar-refractivity contribution is 5.93. The van der Waals surface area contributed by atoms with Gasteiger partial charge in [-0.05, 0) is 31.7 Å². The van der Waals surface area contributed by atoms with E-state index in [1.807, 2.05) is 19.9 Å². The van der Waals surface area contributed by atoms with E-state index >= 15 is 0 Å². The molecule has 0 fully saturated rings. The molecule has 0 heterocycles. The summed E-state index contributed by atoms with van der Waals surface area (Å²) in [6.45, 7) is 6.79. The number of carboxylic acids is 1. The second-order valence-corrected chi connectivity index (χ2v) is 7.79. The fraction of sp³-hybridized carbons (Fsp3) is 0.524. The molecule has 0 aliphatic rings. The molecule has 0 aliphatic carbocycles. The lowest BCUT2D eigenvalue weighted by molar-refractivity contribution is -0.142. The minimum atomic E-state index is -1.18. The van der Waals surface area contributed by atoms with Crippen LogP contribution in [0.15, 0.2) is 30.3 Å². The Hall–Kier alpha value is -2.94. The second kappa shape index (κ2) is 11.9. The molecular formula is C21H32N4O5. The van der Waals surface area contributed by atoms with Gasteiger partial charge in [-0.25, -0.2) is 4.79 Å². The smallest absolute Gasteiger partial charge is 0.326 e. The Morgan fingerprint density at radius 3 is 1.87 bits per heavy atom. The van der Waals surface area contributed by atoms with E-state index in [-0.39, 0.29) is 12.3 Å². The van der Waals surface area contributed by atoms with Crippen LogP contribution in [0.1, 0.15) is 39.7 Å². The number of nitrogens with two attached hydrogens (primary N) is 1. The van der Waals surface area contributed by atoms with Crippen LogP contribution < -0.4 is 21.7 Å². The summed E-state index contributed by atoms with van der Waals surface area (Å²) in [7, 11) is 0. The third-order valence-corrected chi connectivity index (χ3v) is 4.46. The van der Waals surface area contributed by atoms with E-state index in [0.29, 0.717) is 6.42 Å². The van der Waals surface area contributed by atoms with Crippen molar-refractivity contribution in [3.8, 4) is 0 Å². The van der Waals surface area contributed by atoms with Crippen molar-refractivity contribution in [1.29, 1.82) is 0 Å². The van der Waals surface area contributed by atoms with Crippen molar-refractivity contribution < 1.29 is 24.3 Å². The summed E-state index contributed by atoms with van der Waals surface area (Å²) in [6, 6.07) is 5.16. The Morgan fingerprint density at radius 2 is 1.37 bits per heavy atom. The lowest BCUT2D eigenvalue weighted by Crippen LogP contribution is -2.55. The number of hydrogen-bond acceptors (Lipinski definition) is 5. The van der Waals surface area contributed by atoms with E-state index in [1.165, 1.54) is 13.8 Å². The van der Waals surface area contributed by atoms with Gasteiger partial charge in [-0.15, -0.1) is 0 Å². The van der Waals surface area contributed by atoms with Gasteiger partial charge in [0.15, 0.2) is 0 Å². The highest BCUT2D eigenvalue weighted by atomic mass is 16.4. The summed E-state index contributed by atoms with van der Waals surface area (Å²) in [6.07, 6.45) is 0.597. The van der Waals surface area contributed by atoms with Gasteiger partial charge in [-0.2, -0.15) is 0 Å². The molecule has 6 N–H and O–H groups in total. The van der Waals surface area contributed by atoms with Gasteiger partial charge < -0.3 is 26.8 Å². The number of carbonyl (C=O) groups excluding carboxylic acids is 3. The molecule has 166 valence electrons. The average Bonchev–Trinajstić information content (AvgIpc) is 2.67. The van der Waals surface area contributed by atoms with Crippen LogP contribution in [-0.4, -0.2) is 53.0 Å². The van der Waals surface area contributed by atoms with E-state index in [1.54, 1.807) is 24.3 Å². The van der Waals surface area contributed by atoms with Crippen LogP contribution >= 0.6 is 0 Å². The normalized spacial score (nSPS) is 14.9. The van der Waals surface area contributed by atoms with Crippen molar-refractivity contribution in [2.24, 2.45) is 11.7 Å². The minimum Gasteiger partial charge on any atom is -0.480 e. The van der Waals surface area contributed by atoms with Crippen LogP contribution in [0, 0.1) is 5.92 Å². The van der Waals surface area contributed by atoms with Crippen molar-refractivity contribution in [3.05, 3.63) is 35.9 Å². The number of carbonyl (C=O) groups is 4. The van der Waals surface area contributed by atoms with E-state index in [4.69, 9.17) is 5.73 Å². The zero-order valence-electron chi connectivity index (χ0n) is 17.8. The largest absolute Gasteiger partial charge is 0.480 e. The predicted molar refractivity (Wildman–Crippen MR) is 112 cm³/mol. The van der Waals surface area contributed by atoms with Gasteiger partial charge in [-0.1, -0.05) is 44.2 Å². The van der Waals surface area contributed by atoms with Crippen molar-refractivity contribution in [1.82, 2.24) is 16.0 Å². The van der Waals surface area contributed by atoms with Crippen LogP contribution in [0.2, 0.25) is 0 Å². The van der Waals surface area contributed by atoms with Crippen molar-refractivity contribution in [2.45, 2.75) is 64.7 Å². The molecule has 30 heavy (non-hydrogen) atoms. The van der Waals surface area contributed by atoms with E-state index < -0.39 is 47.9 Å². The third kappa shape index (κ3) is 8.60. The molecule has 1 aromatic carbocycles. The van der Waals surface area contributed by atoms with Gasteiger partial charge in [0.2, 0.25) is 17.7 Å². The molecule has 3 amide bonds. The first-order chi connectivity index (χ1) is 14.0. The fourth-order valence-corrected chi connectivity index (χ4v) is 2.75. The Bertz CT molecular complexity index is 738. The van der Waals surface area contributed by atoms with E-state index in [2.05, 4.69) is 16.0 Å². The minimum absolute atomic E-state index is 0.114. The Labute approximate surface area is 176 Å². The summed E-state index contributed by atoms with van der Waals surface area (Å²) in [5, 5.41) is 16.8. The molecule has 0 radical (unpaired) electrons. The standard InChI is InChI=1S/C21H32N4O5/c1-12(2)10-16(22)20(28)24-13(3)18(26)23-14(4)19(27)25-17(21(29)30)11-15-8-6-5-7-9-15/h5-9,12-14,16-17H,10-11,22H2,1-4H3,(H,23,26)(H,24,28)(H,25,27)(H,29,30). The number of benzene rings is 1. The summed E-state index contributed by atoms with van der Waals surface area (Å²) >= 11 is 0. The molecule has 4 unspecified atom stereocenters. The van der Waals surface area contributed by atoms with Crippen molar-refractivity contribution in [3.63, 3.8) is 0 Å². The monoisotopic (exact) mass is 420 g/mol. The Morgan fingerprint density at radius 1 is 0.867 bits per heavy atom. The van der Waals surface area contributed by atoms with Crippen LogP contribution in [-0.2, 0) is 25.6 Å². The maximum atomic E-state index is 12.4. The molecule has 0 bridgehead atoms.